The van der Waals surface area contributed by atoms with Crippen LogP contribution in [-0.2, 0) is 13.0 Å². The highest BCUT2D eigenvalue weighted by Gasteiger charge is 2.44. The summed E-state index contributed by atoms with van der Waals surface area (Å²) < 4.78 is 22.0. The Morgan fingerprint density at radius 3 is 2.97 bits per heavy atom. The van der Waals surface area contributed by atoms with Crippen molar-refractivity contribution < 1.29 is 19.3 Å². The first-order valence-corrected chi connectivity index (χ1v) is 9.86. The molecule has 4 atom stereocenters. The molecule has 3 heterocycles. The maximum absolute atomic E-state index is 14.1. The average Bonchev–Trinajstić information content (AvgIpc) is 3.25. The highest BCUT2D eigenvalue weighted by molar-refractivity contribution is 5.78. The number of aryl methyl sites for hydroxylation is 1. The zero-order valence-electron chi connectivity index (χ0n) is 16.0. The van der Waals surface area contributed by atoms with E-state index in [0.717, 1.165) is 35.2 Å². The van der Waals surface area contributed by atoms with Crippen LogP contribution in [0.2, 0.25) is 0 Å². The predicted molar refractivity (Wildman–Crippen MR) is 104 cm³/mol. The highest BCUT2D eigenvalue weighted by atomic mass is 19.1. The van der Waals surface area contributed by atoms with E-state index < -0.39 is 24.4 Å². The van der Waals surface area contributed by atoms with Crippen LogP contribution in [-0.4, -0.2) is 49.6 Å². The van der Waals surface area contributed by atoms with Gasteiger partial charge in [-0.15, -0.1) is 0 Å². The molecule has 5 rings (SSSR count). The zero-order chi connectivity index (χ0) is 20.1. The maximum atomic E-state index is 14.1. The molecule has 1 aromatic carbocycles. The van der Waals surface area contributed by atoms with Gasteiger partial charge in [-0.25, -0.2) is 14.4 Å². The van der Waals surface area contributed by atoms with E-state index in [0.29, 0.717) is 24.4 Å². The molecule has 1 aliphatic carbocycles. The van der Waals surface area contributed by atoms with Gasteiger partial charge < -0.3 is 24.8 Å². The number of hydrogen-bond acceptors (Lipinski definition) is 6. The van der Waals surface area contributed by atoms with Crippen LogP contribution in [0.25, 0.3) is 11.0 Å². The van der Waals surface area contributed by atoms with Gasteiger partial charge in [0.15, 0.2) is 0 Å². The van der Waals surface area contributed by atoms with Crippen LogP contribution in [0.1, 0.15) is 29.3 Å². The number of ether oxygens (including phenoxy) is 1. The van der Waals surface area contributed by atoms with Crippen LogP contribution in [0, 0.1) is 12.7 Å². The van der Waals surface area contributed by atoms with E-state index in [1.807, 2.05) is 23.8 Å². The van der Waals surface area contributed by atoms with Gasteiger partial charge in [0, 0.05) is 36.2 Å². The summed E-state index contributed by atoms with van der Waals surface area (Å²) in [6.07, 6.45) is 1.70. The van der Waals surface area contributed by atoms with E-state index >= 15 is 0 Å². The van der Waals surface area contributed by atoms with Crippen molar-refractivity contribution >= 4 is 11.0 Å². The van der Waals surface area contributed by atoms with Gasteiger partial charge in [-0.2, -0.15) is 0 Å². The van der Waals surface area contributed by atoms with Crippen LogP contribution in [0.3, 0.4) is 0 Å². The largest absolute Gasteiger partial charge is 0.487 e. The molecule has 0 amide bonds. The molecular weight excluding hydrogens is 375 g/mol. The van der Waals surface area contributed by atoms with E-state index in [9.17, 15) is 14.6 Å². The topological polar surface area (TPSA) is 92.4 Å². The van der Waals surface area contributed by atoms with Crippen molar-refractivity contribution in [1.82, 2.24) is 19.9 Å². The second kappa shape index (κ2) is 7.05. The molecule has 3 aromatic rings. The lowest BCUT2D eigenvalue weighted by Gasteiger charge is -2.24. The Labute approximate surface area is 167 Å². The molecule has 8 heteroatoms. The normalized spacial score (nSPS) is 26.6. The summed E-state index contributed by atoms with van der Waals surface area (Å²) in [4.78, 5) is 8.54. The molecule has 3 N–H and O–H groups in total. The van der Waals surface area contributed by atoms with Gasteiger partial charge in [-0.1, -0.05) is 0 Å². The first-order valence-electron chi connectivity index (χ1n) is 9.86. The Hall–Kier alpha value is -2.55. The summed E-state index contributed by atoms with van der Waals surface area (Å²) in [7, 11) is 0. The third-order valence-corrected chi connectivity index (χ3v) is 6.08. The maximum Gasteiger partial charge on any atom is 0.143 e. The number of nitrogens with zero attached hydrogens (tertiary/aromatic N) is 3. The number of aromatic nitrogens is 3. The minimum absolute atomic E-state index is 0.353. The van der Waals surface area contributed by atoms with Crippen LogP contribution in [0.5, 0.6) is 5.75 Å². The minimum Gasteiger partial charge on any atom is -0.487 e. The molecule has 0 saturated heterocycles. The summed E-state index contributed by atoms with van der Waals surface area (Å²) in [6, 6.07) is 4.41. The van der Waals surface area contributed by atoms with Crippen LogP contribution in [0.15, 0.2) is 30.7 Å². The lowest BCUT2D eigenvalue weighted by atomic mass is 10.00. The highest BCUT2D eigenvalue weighted by Crippen LogP contribution is 2.37. The molecule has 152 valence electrons. The van der Waals surface area contributed by atoms with Gasteiger partial charge in [0.25, 0.3) is 0 Å². The fourth-order valence-corrected chi connectivity index (χ4v) is 4.52. The van der Waals surface area contributed by atoms with Crippen molar-refractivity contribution in [3.8, 4) is 5.75 Å². The molecular formula is C21H23FN4O3. The summed E-state index contributed by atoms with van der Waals surface area (Å²) in [5.74, 6) is 0.0773. The fourth-order valence-electron chi connectivity index (χ4n) is 4.52. The van der Waals surface area contributed by atoms with Gasteiger partial charge in [-0.05, 0) is 37.6 Å². The molecule has 0 spiro atoms. The van der Waals surface area contributed by atoms with Crippen LogP contribution in [0.4, 0.5) is 4.39 Å². The fraction of sp³-hybridized carbons (Fsp3) is 0.429. The molecule has 1 aliphatic heterocycles. The molecule has 2 aromatic heterocycles. The Morgan fingerprint density at radius 1 is 1.24 bits per heavy atom. The molecule has 0 bridgehead atoms. The predicted octanol–water partition coefficient (Wildman–Crippen LogP) is 1.64. The third-order valence-electron chi connectivity index (χ3n) is 6.08. The summed E-state index contributed by atoms with van der Waals surface area (Å²) in [5, 5.41) is 25.6. The van der Waals surface area contributed by atoms with Crippen LogP contribution < -0.4 is 10.1 Å². The number of rotatable bonds is 3. The Balaban J connectivity index is 1.45. The third kappa shape index (κ3) is 3.08. The van der Waals surface area contributed by atoms with Gasteiger partial charge in [0.2, 0.25) is 0 Å². The second-order valence-corrected chi connectivity index (χ2v) is 7.83. The Kier molecular flexibility index (Phi) is 4.49. The van der Waals surface area contributed by atoms with Crippen molar-refractivity contribution in [1.29, 1.82) is 0 Å². The van der Waals surface area contributed by atoms with Crippen molar-refractivity contribution in [2.45, 2.75) is 50.7 Å². The molecule has 2 aliphatic rings. The molecule has 1 saturated carbocycles. The lowest BCUT2D eigenvalue weighted by molar-refractivity contribution is -0.0167. The molecule has 0 radical (unpaired) electrons. The number of nitrogens with one attached hydrogen (secondary N) is 1. The van der Waals surface area contributed by atoms with Gasteiger partial charge in [-0.3, -0.25) is 0 Å². The Morgan fingerprint density at radius 2 is 2.10 bits per heavy atom. The molecule has 1 fully saturated rings. The van der Waals surface area contributed by atoms with Crippen molar-refractivity contribution in [3.63, 3.8) is 0 Å². The first kappa shape index (κ1) is 18.5. The summed E-state index contributed by atoms with van der Waals surface area (Å²) >= 11 is 0. The quantitative estimate of drug-likeness (QED) is 0.621. The van der Waals surface area contributed by atoms with Gasteiger partial charge in [0.1, 0.15) is 41.9 Å². The molecule has 29 heavy (non-hydrogen) atoms. The number of aliphatic hydroxyl groups excluding tert-OH is 2. The lowest BCUT2D eigenvalue weighted by Crippen LogP contribution is -2.35. The van der Waals surface area contributed by atoms with Crippen molar-refractivity contribution in [2.24, 2.45) is 0 Å². The van der Waals surface area contributed by atoms with Crippen molar-refractivity contribution in [2.75, 3.05) is 6.54 Å². The smallest absolute Gasteiger partial charge is 0.143 e. The monoisotopic (exact) mass is 398 g/mol. The molecule has 7 nitrogen and oxygen atoms in total. The number of aliphatic hydroxyl groups is 2. The minimum atomic E-state index is -1.09. The molecule has 1 unspecified atom stereocenters. The summed E-state index contributed by atoms with van der Waals surface area (Å²) in [6.45, 7) is 3.30. The summed E-state index contributed by atoms with van der Waals surface area (Å²) in [5.41, 5.74) is 3.40. The Bertz CT molecular complexity index is 1070. The number of benzene rings is 1. The van der Waals surface area contributed by atoms with E-state index in [1.54, 1.807) is 6.07 Å². The zero-order valence-corrected chi connectivity index (χ0v) is 16.0. The van der Waals surface area contributed by atoms with E-state index in [2.05, 4.69) is 15.3 Å². The number of halogens is 1. The number of fused-ring (bicyclic) bond motifs is 2. The van der Waals surface area contributed by atoms with Crippen molar-refractivity contribution in [3.05, 3.63) is 53.4 Å². The van der Waals surface area contributed by atoms with E-state index in [4.69, 9.17) is 4.74 Å². The standard InChI is InChI=1S/C21H23FN4O3/c1-11-14-3-5-26(21(14)25-10-24-11)16-8-18(20(28)19(16)27)29-17-7-13(22)6-12-2-4-23-9-15(12)17/h3,5-7,10,16,18-20,23,27-28H,2,4,8-9H2,1H3/t16-,18?,19+,20-/m1/s1. The van der Waals surface area contributed by atoms with Crippen LogP contribution >= 0.6 is 0 Å². The number of hydrogen-bond donors (Lipinski definition) is 3. The second-order valence-electron chi connectivity index (χ2n) is 7.83. The average molecular weight is 398 g/mol. The van der Waals surface area contributed by atoms with Gasteiger partial charge in [0.05, 0.1) is 11.7 Å². The van der Waals surface area contributed by atoms with Gasteiger partial charge >= 0.3 is 0 Å². The van der Waals surface area contributed by atoms with E-state index in [1.165, 1.54) is 12.4 Å². The SMILES string of the molecule is Cc1ncnc2c1ccn2[C@@H]1CC(Oc2cc(F)cc3c2CNCC3)[C@@H](O)[C@H]1O. The first-order chi connectivity index (χ1) is 14.0. The van der Waals surface area contributed by atoms with E-state index in [-0.39, 0.29) is 5.82 Å².